The van der Waals surface area contributed by atoms with Gasteiger partial charge in [-0.05, 0) is 37.5 Å². The van der Waals surface area contributed by atoms with Crippen LogP contribution < -0.4 is 5.32 Å². The van der Waals surface area contributed by atoms with Crippen LogP contribution in [-0.4, -0.2) is 20.7 Å². The molecule has 1 heterocycles. The summed E-state index contributed by atoms with van der Waals surface area (Å²) < 4.78 is 1.58. The average Bonchev–Trinajstić information content (AvgIpc) is 3.13. The summed E-state index contributed by atoms with van der Waals surface area (Å²) in [7, 11) is 0. The summed E-state index contributed by atoms with van der Waals surface area (Å²) in [4.78, 5) is 10.7. The molecule has 0 unspecified atom stereocenters. The van der Waals surface area contributed by atoms with E-state index in [0.29, 0.717) is 18.3 Å². The fraction of sp³-hybridized carbons (Fsp3) is 0.357. The molecule has 0 atom stereocenters. The molecule has 0 bridgehead atoms. The lowest BCUT2D eigenvalue weighted by Crippen LogP contribution is -2.15. The number of nitrogens with one attached hydrogen (secondary N) is 1. The predicted molar refractivity (Wildman–Crippen MR) is 74.8 cm³/mol. The molecule has 6 nitrogen and oxygen atoms in total. The molecule has 1 aromatic carbocycles. The Labute approximate surface area is 116 Å². The normalized spacial score (nSPS) is 14.4. The first-order chi connectivity index (χ1) is 9.63. The van der Waals surface area contributed by atoms with Crippen molar-refractivity contribution in [2.75, 3.05) is 0 Å². The van der Waals surface area contributed by atoms with Crippen molar-refractivity contribution in [1.29, 1.82) is 0 Å². The molecule has 1 aromatic heterocycles. The Morgan fingerprint density at radius 3 is 2.95 bits per heavy atom. The first kappa shape index (κ1) is 12.8. The van der Waals surface area contributed by atoms with E-state index in [1.54, 1.807) is 23.0 Å². The van der Waals surface area contributed by atoms with Crippen molar-refractivity contribution in [2.24, 2.45) is 0 Å². The van der Waals surface area contributed by atoms with Crippen LogP contribution in [0.5, 0.6) is 0 Å². The van der Waals surface area contributed by atoms with Gasteiger partial charge in [0.15, 0.2) is 0 Å². The Kier molecular flexibility index (Phi) is 3.23. The Balaban J connectivity index is 1.87. The Morgan fingerprint density at radius 2 is 2.25 bits per heavy atom. The highest BCUT2D eigenvalue weighted by Gasteiger charge is 2.21. The molecule has 0 radical (unpaired) electrons. The smallest absolute Gasteiger partial charge is 0.294 e. The summed E-state index contributed by atoms with van der Waals surface area (Å²) in [5.41, 5.74) is 2.44. The monoisotopic (exact) mass is 272 g/mol. The number of hydrogen-bond donors (Lipinski definition) is 1. The fourth-order valence-corrected chi connectivity index (χ4v) is 2.10. The molecule has 104 valence electrons. The van der Waals surface area contributed by atoms with Crippen molar-refractivity contribution in [1.82, 2.24) is 15.1 Å². The van der Waals surface area contributed by atoms with Crippen LogP contribution in [0.2, 0.25) is 0 Å². The summed E-state index contributed by atoms with van der Waals surface area (Å²) in [5, 5.41) is 18.9. The molecule has 2 aromatic rings. The first-order valence-electron chi connectivity index (χ1n) is 6.67. The number of benzene rings is 1. The molecule has 1 aliphatic rings. The van der Waals surface area contributed by atoms with E-state index in [9.17, 15) is 10.1 Å². The van der Waals surface area contributed by atoms with Crippen LogP contribution >= 0.6 is 0 Å². The van der Waals surface area contributed by atoms with Crippen LogP contribution in [0.1, 0.15) is 24.1 Å². The Hall–Kier alpha value is -2.21. The molecule has 1 fully saturated rings. The second kappa shape index (κ2) is 5.05. The lowest BCUT2D eigenvalue weighted by Gasteiger charge is -2.04. The van der Waals surface area contributed by atoms with E-state index >= 15 is 0 Å². The molecule has 6 heteroatoms. The number of nitrogens with zero attached hydrogens (tertiary/aromatic N) is 3. The minimum Gasteiger partial charge on any atom is -0.308 e. The molecule has 0 spiro atoms. The number of aromatic nitrogens is 2. The van der Waals surface area contributed by atoms with Gasteiger partial charge in [-0.15, -0.1) is 0 Å². The third kappa shape index (κ3) is 2.70. The quantitative estimate of drug-likeness (QED) is 0.669. The third-order valence-electron chi connectivity index (χ3n) is 3.37. The van der Waals surface area contributed by atoms with Crippen LogP contribution in [-0.2, 0) is 6.54 Å². The van der Waals surface area contributed by atoms with E-state index in [1.807, 2.05) is 13.0 Å². The van der Waals surface area contributed by atoms with Gasteiger partial charge >= 0.3 is 0 Å². The summed E-state index contributed by atoms with van der Waals surface area (Å²) in [6, 6.07) is 7.55. The zero-order valence-electron chi connectivity index (χ0n) is 11.2. The number of hydrogen-bond acceptors (Lipinski definition) is 4. The molecule has 1 N–H and O–H groups in total. The van der Waals surface area contributed by atoms with Gasteiger partial charge < -0.3 is 5.32 Å². The molecule has 20 heavy (non-hydrogen) atoms. The maximum Gasteiger partial charge on any atom is 0.294 e. The fourth-order valence-electron chi connectivity index (χ4n) is 2.10. The maximum absolute atomic E-state index is 11.1. The van der Waals surface area contributed by atoms with Gasteiger partial charge in [0.1, 0.15) is 5.69 Å². The molecule has 0 aliphatic heterocycles. The van der Waals surface area contributed by atoms with E-state index in [0.717, 1.165) is 11.3 Å². The molecular weight excluding hydrogens is 256 g/mol. The van der Waals surface area contributed by atoms with Gasteiger partial charge in [-0.25, -0.2) is 4.68 Å². The zero-order chi connectivity index (χ0) is 14.1. The van der Waals surface area contributed by atoms with Crippen molar-refractivity contribution < 1.29 is 4.92 Å². The van der Waals surface area contributed by atoms with Gasteiger partial charge in [-0.1, -0.05) is 6.07 Å². The zero-order valence-corrected chi connectivity index (χ0v) is 11.2. The summed E-state index contributed by atoms with van der Waals surface area (Å²) in [5.74, 6) is 0. The Morgan fingerprint density at radius 1 is 1.45 bits per heavy atom. The van der Waals surface area contributed by atoms with Gasteiger partial charge in [0.25, 0.3) is 5.69 Å². The molecule has 0 saturated heterocycles. The molecule has 0 amide bonds. The summed E-state index contributed by atoms with van der Waals surface area (Å²) in [6.45, 7) is 2.61. The maximum atomic E-state index is 11.1. The van der Waals surface area contributed by atoms with E-state index in [1.165, 1.54) is 18.9 Å². The van der Waals surface area contributed by atoms with E-state index < -0.39 is 0 Å². The second-order valence-electron chi connectivity index (χ2n) is 5.16. The van der Waals surface area contributed by atoms with Crippen molar-refractivity contribution in [2.45, 2.75) is 32.4 Å². The third-order valence-corrected chi connectivity index (χ3v) is 3.37. The standard InChI is InChI=1S/C14H16N4O2/c1-10-2-5-13(18(19)20)14(8-10)17-7-6-12(16-17)9-15-11-3-4-11/h2,5-8,11,15H,3-4,9H2,1H3. The molecule has 3 rings (SSSR count). The SMILES string of the molecule is Cc1ccc([N+](=O)[O-])c(-n2ccc(CNC3CC3)n2)c1. The number of rotatable bonds is 5. The number of nitro benzene ring substituents is 1. The lowest BCUT2D eigenvalue weighted by molar-refractivity contribution is -0.384. The van der Waals surface area contributed by atoms with Crippen molar-refractivity contribution in [3.63, 3.8) is 0 Å². The highest BCUT2D eigenvalue weighted by Crippen LogP contribution is 2.24. The highest BCUT2D eigenvalue weighted by molar-refractivity contribution is 5.53. The average molecular weight is 272 g/mol. The first-order valence-corrected chi connectivity index (χ1v) is 6.67. The van der Waals surface area contributed by atoms with Crippen LogP contribution in [0, 0.1) is 17.0 Å². The van der Waals surface area contributed by atoms with E-state index in [-0.39, 0.29) is 10.6 Å². The van der Waals surface area contributed by atoms with E-state index in [2.05, 4.69) is 10.4 Å². The highest BCUT2D eigenvalue weighted by atomic mass is 16.6. The summed E-state index contributed by atoms with van der Waals surface area (Å²) in [6.07, 6.45) is 4.22. The van der Waals surface area contributed by atoms with Crippen molar-refractivity contribution >= 4 is 5.69 Å². The van der Waals surface area contributed by atoms with Crippen LogP contribution in [0.4, 0.5) is 5.69 Å². The van der Waals surface area contributed by atoms with Gasteiger partial charge in [0, 0.05) is 24.8 Å². The molecule has 1 saturated carbocycles. The van der Waals surface area contributed by atoms with Gasteiger partial charge in [0.2, 0.25) is 0 Å². The van der Waals surface area contributed by atoms with Crippen LogP contribution in [0.15, 0.2) is 30.5 Å². The van der Waals surface area contributed by atoms with E-state index in [4.69, 9.17) is 0 Å². The van der Waals surface area contributed by atoms with Crippen LogP contribution in [0.3, 0.4) is 0 Å². The predicted octanol–water partition coefficient (Wildman–Crippen LogP) is 2.34. The second-order valence-corrected chi connectivity index (χ2v) is 5.16. The minimum atomic E-state index is -0.376. The minimum absolute atomic E-state index is 0.0698. The molecular formula is C14H16N4O2. The largest absolute Gasteiger partial charge is 0.308 e. The van der Waals surface area contributed by atoms with Crippen LogP contribution in [0.25, 0.3) is 5.69 Å². The van der Waals surface area contributed by atoms with Crippen molar-refractivity contribution in [3.05, 3.63) is 51.8 Å². The van der Waals surface area contributed by atoms with Gasteiger partial charge in [-0.3, -0.25) is 10.1 Å². The van der Waals surface area contributed by atoms with Gasteiger partial charge in [-0.2, -0.15) is 5.10 Å². The number of nitro groups is 1. The summed E-state index contributed by atoms with van der Waals surface area (Å²) >= 11 is 0. The topological polar surface area (TPSA) is 73.0 Å². The number of aryl methyl sites for hydroxylation is 1. The Bertz CT molecular complexity index is 646. The molecule has 1 aliphatic carbocycles. The van der Waals surface area contributed by atoms with Crippen molar-refractivity contribution in [3.8, 4) is 5.69 Å². The lowest BCUT2D eigenvalue weighted by atomic mass is 10.2. The van der Waals surface area contributed by atoms with Gasteiger partial charge in [0.05, 0.1) is 10.6 Å².